The molecule has 5 rings (SSSR count). The van der Waals surface area contributed by atoms with Gasteiger partial charge in [0.2, 0.25) is 0 Å². The summed E-state index contributed by atoms with van der Waals surface area (Å²) in [4.78, 5) is 25.6. The highest BCUT2D eigenvalue weighted by atomic mass is 16.8. The average Bonchev–Trinajstić information content (AvgIpc) is 3.53. The van der Waals surface area contributed by atoms with Crippen LogP contribution in [0.5, 0.6) is 0 Å². The second-order valence-corrected chi connectivity index (χ2v) is 8.37. The van der Waals surface area contributed by atoms with E-state index in [-0.39, 0.29) is 18.8 Å². The number of benzene rings is 2. The molecule has 1 N–H and O–H groups in total. The lowest BCUT2D eigenvalue weighted by Crippen LogP contribution is -2.42. The van der Waals surface area contributed by atoms with E-state index in [9.17, 15) is 14.7 Å². The molecule has 10 heteroatoms. The second kappa shape index (κ2) is 10.4. The van der Waals surface area contributed by atoms with Crippen molar-refractivity contribution < 1.29 is 47.9 Å². The quantitative estimate of drug-likeness (QED) is 0.410. The largest absolute Gasteiger partial charge is 0.452 e. The lowest BCUT2D eigenvalue weighted by Gasteiger charge is -2.25. The van der Waals surface area contributed by atoms with E-state index in [0.29, 0.717) is 11.1 Å². The Morgan fingerprint density at radius 2 is 1.34 bits per heavy atom. The summed E-state index contributed by atoms with van der Waals surface area (Å²) in [5.41, 5.74) is 0.617. The number of hydrogen-bond donors (Lipinski definition) is 1. The number of methoxy groups -OCH3 is 1. The smallest absolute Gasteiger partial charge is 0.338 e. The normalized spacial score (nSPS) is 33.2. The number of carbonyl (C=O) groups excluding carboxylic acids is 2. The number of esters is 2. The molecule has 0 aliphatic carbocycles. The Bertz CT molecular complexity index is 1020. The first-order valence-electron chi connectivity index (χ1n) is 11.3. The first kappa shape index (κ1) is 23.9. The lowest BCUT2D eigenvalue weighted by molar-refractivity contribution is -0.211. The van der Waals surface area contributed by atoms with E-state index in [1.807, 2.05) is 0 Å². The molecular formula is C25H26O10. The number of epoxide rings is 1. The predicted octanol–water partition coefficient (Wildman–Crippen LogP) is 1.31. The zero-order valence-electron chi connectivity index (χ0n) is 18.9. The van der Waals surface area contributed by atoms with Gasteiger partial charge in [0.05, 0.1) is 24.3 Å². The SMILES string of the molecule is CO[C@H]1O[C@H](CO[C@H]2O[C@H](CO)[C@@H](OC(=O)c3ccccc3)[C@@H]2OC(=O)c2ccccc2)[C@@H]2O[C@H]12. The van der Waals surface area contributed by atoms with Crippen molar-refractivity contribution in [1.82, 2.24) is 0 Å². The van der Waals surface area contributed by atoms with Gasteiger partial charge in [-0.05, 0) is 24.3 Å². The summed E-state index contributed by atoms with van der Waals surface area (Å²) < 4.78 is 39.6. The molecule has 0 amide bonds. The van der Waals surface area contributed by atoms with E-state index in [0.717, 1.165) is 0 Å². The van der Waals surface area contributed by atoms with Gasteiger partial charge in [0.1, 0.15) is 24.4 Å². The van der Waals surface area contributed by atoms with E-state index in [1.54, 1.807) is 60.7 Å². The van der Waals surface area contributed by atoms with Gasteiger partial charge >= 0.3 is 11.9 Å². The third-order valence-corrected chi connectivity index (χ3v) is 6.11. The fourth-order valence-electron chi connectivity index (χ4n) is 4.27. The van der Waals surface area contributed by atoms with Crippen LogP contribution in [0.25, 0.3) is 0 Å². The Kier molecular flexibility index (Phi) is 7.09. The molecule has 0 spiro atoms. The minimum absolute atomic E-state index is 0.0581. The van der Waals surface area contributed by atoms with E-state index < -0.39 is 55.5 Å². The number of carbonyl (C=O) groups is 2. The monoisotopic (exact) mass is 486 g/mol. The van der Waals surface area contributed by atoms with Crippen LogP contribution < -0.4 is 0 Å². The van der Waals surface area contributed by atoms with Gasteiger partial charge in [-0.2, -0.15) is 0 Å². The molecule has 3 aliphatic heterocycles. The average molecular weight is 486 g/mol. The van der Waals surface area contributed by atoms with Gasteiger partial charge in [-0.15, -0.1) is 0 Å². The summed E-state index contributed by atoms with van der Waals surface area (Å²) in [7, 11) is 1.53. The van der Waals surface area contributed by atoms with Crippen molar-refractivity contribution in [2.45, 2.75) is 49.2 Å². The molecule has 3 fully saturated rings. The second-order valence-electron chi connectivity index (χ2n) is 8.37. The third-order valence-electron chi connectivity index (χ3n) is 6.11. The Balaban J connectivity index is 1.32. The third kappa shape index (κ3) is 5.08. The number of rotatable bonds is 9. The van der Waals surface area contributed by atoms with Crippen molar-refractivity contribution in [3.05, 3.63) is 71.8 Å². The van der Waals surface area contributed by atoms with E-state index in [1.165, 1.54) is 7.11 Å². The summed E-state index contributed by atoms with van der Waals surface area (Å²) in [5.74, 6) is -1.29. The zero-order chi connectivity index (χ0) is 24.4. The number of hydrogen-bond acceptors (Lipinski definition) is 10. The number of fused-ring (bicyclic) bond motifs is 1. The van der Waals surface area contributed by atoms with Crippen LogP contribution in [0.1, 0.15) is 20.7 Å². The maximum absolute atomic E-state index is 12.8. The van der Waals surface area contributed by atoms with Crippen LogP contribution in [0.15, 0.2) is 60.7 Å². The highest BCUT2D eigenvalue weighted by Crippen LogP contribution is 2.40. The molecule has 2 aromatic rings. The maximum atomic E-state index is 12.8. The van der Waals surface area contributed by atoms with Crippen molar-refractivity contribution in [2.24, 2.45) is 0 Å². The molecule has 8 atom stereocenters. The van der Waals surface area contributed by atoms with E-state index in [2.05, 4.69) is 0 Å². The van der Waals surface area contributed by atoms with Crippen LogP contribution in [-0.4, -0.2) is 86.6 Å². The Labute approximate surface area is 201 Å². The molecule has 10 nitrogen and oxygen atoms in total. The molecule has 0 bridgehead atoms. The molecule has 0 radical (unpaired) electrons. The standard InChI is InChI=1S/C25H26O10/c1-29-24-20-19(33-20)17(32-24)13-30-25-21(35-23(28)15-10-6-3-7-11-15)18(16(12-26)31-25)34-22(27)14-8-4-2-5-9-14/h2-11,16-21,24-26H,12-13H2,1H3/t16-,17-,18-,19+,20+,21+,24+,25+/m1/s1. The Morgan fingerprint density at radius 1 is 0.771 bits per heavy atom. The van der Waals surface area contributed by atoms with Crippen LogP contribution in [0.3, 0.4) is 0 Å². The summed E-state index contributed by atoms with van der Waals surface area (Å²) >= 11 is 0. The molecule has 3 aliphatic rings. The number of aliphatic hydroxyl groups excluding tert-OH is 1. The fourth-order valence-corrected chi connectivity index (χ4v) is 4.27. The molecule has 35 heavy (non-hydrogen) atoms. The number of ether oxygens (including phenoxy) is 7. The van der Waals surface area contributed by atoms with Crippen molar-refractivity contribution in [2.75, 3.05) is 20.3 Å². The summed E-state index contributed by atoms with van der Waals surface area (Å²) in [6.45, 7) is -0.423. The van der Waals surface area contributed by atoms with Crippen molar-refractivity contribution >= 4 is 11.9 Å². The molecule has 2 aromatic carbocycles. The highest BCUT2D eigenvalue weighted by molar-refractivity contribution is 5.90. The molecule has 0 aromatic heterocycles. The van der Waals surface area contributed by atoms with Crippen molar-refractivity contribution in [3.8, 4) is 0 Å². The van der Waals surface area contributed by atoms with Crippen molar-refractivity contribution in [3.63, 3.8) is 0 Å². The van der Waals surface area contributed by atoms with Gasteiger partial charge in [0, 0.05) is 7.11 Å². The predicted molar refractivity (Wildman–Crippen MR) is 117 cm³/mol. The van der Waals surface area contributed by atoms with Gasteiger partial charge in [0.25, 0.3) is 0 Å². The van der Waals surface area contributed by atoms with Gasteiger partial charge in [0.15, 0.2) is 24.8 Å². The van der Waals surface area contributed by atoms with Crippen LogP contribution in [0, 0.1) is 0 Å². The van der Waals surface area contributed by atoms with Gasteiger partial charge in [-0.1, -0.05) is 36.4 Å². The molecule has 0 saturated carbocycles. The minimum Gasteiger partial charge on any atom is -0.452 e. The first-order valence-corrected chi connectivity index (χ1v) is 11.3. The molecule has 186 valence electrons. The number of aliphatic hydroxyl groups is 1. The van der Waals surface area contributed by atoms with Crippen LogP contribution in [0.2, 0.25) is 0 Å². The molecule has 3 saturated heterocycles. The van der Waals surface area contributed by atoms with Crippen LogP contribution in [0.4, 0.5) is 0 Å². The molecule has 3 heterocycles. The van der Waals surface area contributed by atoms with Crippen LogP contribution in [-0.2, 0) is 33.2 Å². The summed E-state index contributed by atoms with van der Waals surface area (Å²) in [6.07, 6.45) is -5.51. The highest BCUT2D eigenvalue weighted by Gasteiger charge is 2.59. The van der Waals surface area contributed by atoms with Gasteiger partial charge in [-0.3, -0.25) is 0 Å². The molecular weight excluding hydrogens is 460 g/mol. The zero-order valence-corrected chi connectivity index (χ0v) is 18.9. The minimum atomic E-state index is -1.14. The Morgan fingerprint density at radius 3 is 1.89 bits per heavy atom. The van der Waals surface area contributed by atoms with Gasteiger partial charge in [-0.25, -0.2) is 9.59 Å². The topological polar surface area (TPSA) is 122 Å². The molecule has 0 unspecified atom stereocenters. The van der Waals surface area contributed by atoms with Crippen molar-refractivity contribution in [1.29, 1.82) is 0 Å². The fraction of sp³-hybridized carbons (Fsp3) is 0.440. The summed E-state index contributed by atoms with van der Waals surface area (Å²) in [5, 5.41) is 9.93. The summed E-state index contributed by atoms with van der Waals surface area (Å²) in [6, 6.07) is 16.8. The maximum Gasteiger partial charge on any atom is 0.338 e. The van der Waals surface area contributed by atoms with E-state index >= 15 is 0 Å². The Hall–Kier alpha value is -2.86. The first-order chi connectivity index (χ1) is 17.1. The van der Waals surface area contributed by atoms with Crippen LogP contribution >= 0.6 is 0 Å². The van der Waals surface area contributed by atoms with E-state index in [4.69, 9.17) is 33.2 Å². The lowest BCUT2D eigenvalue weighted by atomic mass is 10.1. The van der Waals surface area contributed by atoms with Gasteiger partial charge < -0.3 is 38.3 Å².